The molecule has 0 N–H and O–H groups in total. The van der Waals surface area contributed by atoms with Crippen LogP contribution in [0, 0.1) is 0 Å². The van der Waals surface area contributed by atoms with Gasteiger partial charge in [0.05, 0.1) is 0 Å². The summed E-state index contributed by atoms with van der Waals surface area (Å²) in [6.07, 6.45) is 8.10. The van der Waals surface area contributed by atoms with Crippen molar-refractivity contribution in [1.82, 2.24) is 0 Å². The fourth-order valence-electron chi connectivity index (χ4n) is 0.955. The minimum Gasteiger partial charge on any atom is -0.147 e. The van der Waals surface area contributed by atoms with Crippen LogP contribution in [0.15, 0.2) is 0 Å². The van der Waals surface area contributed by atoms with E-state index in [1.807, 2.05) is 0 Å². The molecule has 0 aromatic rings. The maximum absolute atomic E-state index is 4.95. The summed E-state index contributed by atoms with van der Waals surface area (Å²) in [6, 6.07) is 0. The molecule has 0 heterocycles. The van der Waals surface area contributed by atoms with Crippen LogP contribution in [0.2, 0.25) is 0 Å². The molecule has 0 spiro atoms. The fourth-order valence-corrected chi connectivity index (χ4v) is 1.18. The van der Waals surface area contributed by atoms with Crippen molar-refractivity contribution in [1.29, 1.82) is 0 Å². The summed E-state index contributed by atoms with van der Waals surface area (Å²) in [7, 11) is 0. The summed E-state index contributed by atoms with van der Waals surface area (Å²) in [4.78, 5) is 0. The van der Waals surface area contributed by atoms with Gasteiger partial charge in [0.25, 0.3) is 0 Å². The third-order valence-electron chi connectivity index (χ3n) is 1.60. The molecule has 0 saturated heterocycles. The van der Waals surface area contributed by atoms with Gasteiger partial charge in [0, 0.05) is 0 Å². The van der Waals surface area contributed by atoms with Gasteiger partial charge < -0.3 is 0 Å². The van der Waals surface area contributed by atoms with E-state index in [4.69, 9.17) is 3.32 Å². The SMILES string of the molecule is CCCCCCCC[O][Ti].Cl.Cl. The first kappa shape index (κ1) is 18.9. The van der Waals surface area contributed by atoms with Gasteiger partial charge in [-0.2, -0.15) is 0 Å². The summed E-state index contributed by atoms with van der Waals surface area (Å²) in [5.41, 5.74) is 0. The van der Waals surface area contributed by atoms with Crippen LogP contribution in [-0.4, -0.2) is 6.61 Å². The second kappa shape index (κ2) is 18.1. The Hall–Kier alpha value is 1.25. The number of hydrogen-bond donors (Lipinski definition) is 0. The summed E-state index contributed by atoms with van der Waals surface area (Å²) in [6.45, 7) is 3.18. The first-order valence-corrected chi connectivity index (χ1v) is 4.84. The van der Waals surface area contributed by atoms with Crippen molar-refractivity contribution in [2.45, 2.75) is 45.4 Å². The zero-order chi connectivity index (χ0) is 7.66. The first-order chi connectivity index (χ1) is 4.91. The van der Waals surface area contributed by atoms with Crippen LogP contribution in [0.5, 0.6) is 0 Å². The molecular formula is C8H19Cl2OTi. The average Bonchev–Trinajstić information content (AvgIpc) is 1.97. The molecule has 0 aliphatic carbocycles. The van der Waals surface area contributed by atoms with Crippen molar-refractivity contribution in [3.8, 4) is 0 Å². The number of hydrogen-bond acceptors (Lipinski definition) is 1. The predicted molar refractivity (Wildman–Crippen MR) is 53.8 cm³/mol. The van der Waals surface area contributed by atoms with Gasteiger partial charge in [0.2, 0.25) is 0 Å². The number of halogens is 2. The van der Waals surface area contributed by atoms with E-state index in [2.05, 4.69) is 6.92 Å². The van der Waals surface area contributed by atoms with E-state index in [-0.39, 0.29) is 24.8 Å². The smallest absolute Gasteiger partial charge is 0.147 e. The Morgan fingerprint density at radius 1 is 0.917 bits per heavy atom. The zero-order valence-electron chi connectivity index (χ0n) is 7.67. The first-order valence-electron chi connectivity index (χ1n) is 4.20. The van der Waals surface area contributed by atoms with Crippen LogP contribution < -0.4 is 0 Å². The summed E-state index contributed by atoms with van der Waals surface area (Å²) in [5.74, 6) is 0. The van der Waals surface area contributed by atoms with Gasteiger partial charge >= 0.3 is 76.2 Å². The largest absolute Gasteiger partial charge is 0.147 e. The Balaban J connectivity index is -0.000000405. The van der Waals surface area contributed by atoms with E-state index in [1.54, 1.807) is 20.8 Å². The van der Waals surface area contributed by atoms with E-state index < -0.39 is 0 Å². The van der Waals surface area contributed by atoms with Crippen molar-refractivity contribution in [3.05, 3.63) is 0 Å². The minimum atomic E-state index is 0. The Kier molecular flexibility index (Phi) is 28.6. The molecule has 0 atom stereocenters. The molecular weight excluding hydrogens is 231 g/mol. The molecule has 0 rings (SSSR count). The molecule has 75 valence electrons. The van der Waals surface area contributed by atoms with Crippen molar-refractivity contribution >= 4 is 24.8 Å². The van der Waals surface area contributed by atoms with E-state index >= 15 is 0 Å². The van der Waals surface area contributed by atoms with Crippen molar-refractivity contribution in [2.24, 2.45) is 0 Å². The van der Waals surface area contributed by atoms with Gasteiger partial charge in [-0.15, -0.1) is 24.8 Å². The molecule has 1 nitrogen and oxygen atoms in total. The molecule has 0 aromatic heterocycles. The molecule has 12 heavy (non-hydrogen) atoms. The molecule has 0 amide bonds. The second-order valence-electron chi connectivity index (χ2n) is 2.62. The predicted octanol–water partition coefficient (Wildman–Crippen LogP) is 3.67. The Morgan fingerprint density at radius 2 is 1.42 bits per heavy atom. The Labute approximate surface area is 101 Å². The molecule has 4 heteroatoms. The monoisotopic (exact) mass is 249 g/mol. The molecule has 0 radical (unpaired) electrons. The normalized spacial score (nSPS) is 8.33. The van der Waals surface area contributed by atoms with Gasteiger partial charge in [-0.1, -0.05) is 0 Å². The van der Waals surface area contributed by atoms with E-state index in [0.29, 0.717) is 0 Å². The minimum absolute atomic E-state index is 0. The van der Waals surface area contributed by atoms with Crippen LogP contribution in [0.25, 0.3) is 0 Å². The van der Waals surface area contributed by atoms with Crippen molar-refractivity contribution in [2.75, 3.05) is 6.61 Å². The Bertz CT molecular complexity index is 57.0. The van der Waals surface area contributed by atoms with Gasteiger partial charge in [-0.25, -0.2) is 0 Å². The second-order valence-corrected chi connectivity index (χ2v) is 3.07. The topological polar surface area (TPSA) is 9.23 Å². The molecule has 0 aromatic carbocycles. The van der Waals surface area contributed by atoms with Gasteiger partial charge in [0.15, 0.2) is 0 Å². The number of unbranched alkanes of at least 4 members (excludes halogenated alkanes) is 5. The van der Waals surface area contributed by atoms with Crippen molar-refractivity contribution in [3.63, 3.8) is 0 Å². The van der Waals surface area contributed by atoms with Gasteiger partial charge in [-0.05, 0) is 0 Å². The molecule has 0 saturated carbocycles. The van der Waals surface area contributed by atoms with Crippen molar-refractivity contribution < 1.29 is 24.1 Å². The molecule has 0 aliphatic heterocycles. The third-order valence-corrected chi connectivity index (χ3v) is 1.92. The molecule has 0 fully saturated rings. The van der Waals surface area contributed by atoms with E-state index in [0.717, 1.165) is 6.61 Å². The number of rotatable bonds is 7. The maximum atomic E-state index is 4.95. The quantitative estimate of drug-likeness (QED) is 0.494. The summed E-state index contributed by atoms with van der Waals surface area (Å²) < 4.78 is 4.95. The molecule has 0 bridgehead atoms. The van der Waals surface area contributed by atoms with Crippen LogP contribution in [-0.2, 0) is 24.1 Å². The standard InChI is InChI=1S/C8H17O.2ClH.Ti/c1-2-3-4-5-6-7-8-9;;;/h2-8H2,1H3;2*1H;/q-1;;;+1. The third kappa shape index (κ3) is 17.4. The maximum Gasteiger partial charge on any atom is -0.147 e. The fraction of sp³-hybridized carbons (Fsp3) is 1.00. The summed E-state index contributed by atoms with van der Waals surface area (Å²) in [5, 5.41) is 0. The Morgan fingerprint density at radius 3 is 1.92 bits per heavy atom. The zero-order valence-corrected chi connectivity index (χ0v) is 10.9. The summed E-state index contributed by atoms with van der Waals surface area (Å²) >= 11 is 1.77. The van der Waals surface area contributed by atoms with Crippen LogP contribution in [0.3, 0.4) is 0 Å². The van der Waals surface area contributed by atoms with Crippen LogP contribution in [0.1, 0.15) is 45.4 Å². The molecule has 0 aliphatic rings. The average molecular weight is 250 g/mol. The van der Waals surface area contributed by atoms with Gasteiger partial charge in [0.1, 0.15) is 0 Å². The van der Waals surface area contributed by atoms with E-state index in [1.165, 1.54) is 38.5 Å². The van der Waals surface area contributed by atoms with E-state index in [9.17, 15) is 0 Å². The van der Waals surface area contributed by atoms with Crippen LogP contribution >= 0.6 is 24.8 Å². The molecule has 0 unspecified atom stereocenters. The van der Waals surface area contributed by atoms with Crippen LogP contribution in [0.4, 0.5) is 0 Å². The van der Waals surface area contributed by atoms with Gasteiger partial charge in [-0.3, -0.25) is 0 Å².